The zero-order valence-corrected chi connectivity index (χ0v) is 15.7. The van der Waals surface area contributed by atoms with Crippen LogP contribution in [0.5, 0.6) is 11.5 Å². The maximum atomic E-state index is 13.0. The fourth-order valence-electron chi connectivity index (χ4n) is 2.62. The second-order valence-electron chi connectivity index (χ2n) is 6.79. The Hall–Kier alpha value is -2.70. The number of carbonyl (C=O) groups is 1. The number of rotatable bonds is 9. The summed E-state index contributed by atoms with van der Waals surface area (Å²) in [6, 6.07) is 12.2. The average Bonchev–Trinajstić information content (AvgIpc) is 2.64. The van der Waals surface area contributed by atoms with Crippen molar-refractivity contribution in [2.45, 2.75) is 32.4 Å². The van der Waals surface area contributed by atoms with E-state index in [4.69, 9.17) is 14.6 Å². The van der Waals surface area contributed by atoms with Crippen LogP contribution in [0.2, 0.25) is 0 Å². The Morgan fingerprint density at radius 1 is 1.00 bits per heavy atom. The number of hydrogen-bond donors (Lipinski definition) is 1. The summed E-state index contributed by atoms with van der Waals surface area (Å²) < 4.78 is 49.9. The molecule has 0 fully saturated rings. The van der Waals surface area contributed by atoms with Crippen molar-refractivity contribution < 1.29 is 32.5 Å². The minimum Gasteiger partial charge on any atom is -0.493 e. The summed E-state index contributed by atoms with van der Waals surface area (Å²) in [5.41, 5.74) is 0.101. The molecule has 0 amide bonds. The molecular weight excluding hydrogens is 373 g/mol. The van der Waals surface area contributed by atoms with Crippen LogP contribution < -0.4 is 9.47 Å². The molecule has 2 atom stereocenters. The topological polar surface area (TPSA) is 55.8 Å². The fourth-order valence-corrected chi connectivity index (χ4v) is 2.62. The Kier molecular flexibility index (Phi) is 7.31. The second kappa shape index (κ2) is 9.48. The van der Waals surface area contributed by atoms with Crippen LogP contribution in [-0.2, 0) is 11.0 Å². The van der Waals surface area contributed by atoms with E-state index < -0.39 is 17.7 Å². The van der Waals surface area contributed by atoms with Gasteiger partial charge in [-0.25, -0.2) is 0 Å². The number of ether oxygens (including phenoxy) is 2. The highest BCUT2D eigenvalue weighted by Crippen LogP contribution is 2.36. The summed E-state index contributed by atoms with van der Waals surface area (Å²) in [6.07, 6.45) is -4.41. The van der Waals surface area contributed by atoms with Crippen molar-refractivity contribution in [1.29, 1.82) is 0 Å². The molecule has 0 bridgehead atoms. The van der Waals surface area contributed by atoms with Crippen molar-refractivity contribution in [3.63, 3.8) is 0 Å². The van der Waals surface area contributed by atoms with Gasteiger partial charge in [-0.3, -0.25) is 4.79 Å². The lowest BCUT2D eigenvalue weighted by molar-refractivity contribution is -0.139. The minimum atomic E-state index is -4.46. The van der Waals surface area contributed by atoms with Crippen LogP contribution in [0, 0.1) is 5.92 Å². The third-order valence-electron chi connectivity index (χ3n) is 4.18. The molecule has 0 aromatic heterocycles. The van der Waals surface area contributed by atoms with Gasteiger partial charge in [-0.15, -0.1) is 0 Å². The number of aliphatic carboxylic acids is 1. The number of carboxylic acids is 1. The highest BCUT2D eigenvalue weighted by molar-refractivity contribution is 5.67. The average molecular weight is 396 g/mol. The first-order valence-corrected chi connectivity index (χ1v) is 8.90. The zero-order chi connectivity index (χ0) is 20.7. The highest BCUT2D eigenvalue weighted by Gasteiger charge is 2.34. The van der Waals surface area contributed by atoms with Gasteiger partial charge in [0.05, 0.1) is 25.2 Å². The van der Waals surface area contributed by atoms with E-state index in [9.17, 15) is 18.0 Å². The predicted molar refractivity (Wildman–Crippen MR) is 98.7 cm³/mol. The SMILES string of the molecule is CC(COc1ccc(C(C)CC(=O)O)cc1)COc1ccccc1C(F)(F)F. The smallest absolute Gasteiger partial charge is 0.419 e. The molecule has 0 radical (unpaired) electrons. The van der Waals surface area contributed by atoms with Crippen molar-refractivity contribution >= 4 is 5.97 Å². The molecule has 1 N–H and O–H groups in total. The molecule has 2 aromatic carbocycles. The van der Waals surface area contributed by atoms with Crippen molar-refractivity contribution in [1.82, 2.24) is 0 Å². The van der Waals surface area contributed by atoms with Crippen molar-refractivity contribution in [2.75, 3.05) is 13.2 Å². The molecule has 4 nitrogen and oxygen atoms in total. The van der Waals surface area contributed by atoms with Gasteiger partial charge in [0.2, 0.25) is 0 Å². The van der Waals surface area contributed by atoms with Gasteiger partial charge in [0, 0.05) is 5.92 Å². The molecule has 0 saturated heterocycles. The van der Waals surface area contributed by atoms with Gasteiger partial charge in [-0.05, 0) is 35.7 Å². The number of carboxylic acid groups (broad SMARTS) is 1. The van der Waals surface area contributed by atoms with Gasteiger partial charge in [-0.2, -0.15) is 13.2 Å². The largest absolute Gasteiger partial charge is 0.493 e. The molecule has 0 aliphatic carbocycles. The first-order chi connectivity index (χ1) is 13.2. The van der Waals surface area contributed by atoms with Crippen LogP contribution in [0.25, 0.3) is 0 Å². The first kappa shape index (κ1) is 21.6. The summed E-state index contributed by atoms with van der Waals surface area (Å²) in [4.78, 5) is 10.8. The van der Waals surface area contributed by atoms with Gasteiger partial charge in [0.1, 0.15) is 11.5 Å². The molecule has 0 aliphatic rings. The summed E-state index contributed by atoms with van der Waals surface area (Å²) in [7, 11) is 0. The lowest BCUT2D eigenvalue weighted by atomic mass is 9.98. The van der Waals surface area contributed by atoms with E-state index in [2.05, 4.69) is 0 Å². The molecular formula is C21H23F3O4. The van der Waals surface area contributed by atoms with Crippen molar-refractivity contribution in [3.05, 3.63) is 59.7 Å². The molecule has 7 heteroatoms. The molecule has 2 aromatic rings. The van der Waals surface area contributed by atoms with Gasteiger partial charge in [-0.1, -0.05) is 38.1 Å². The maximum absolute atomic E-state index is 13.0. The number of hydrogen-bond acceptors (Lipinski definition) is 3. The van der Waals surface area contributed by atoms with Crippen LogP contribution in [0.3, 0.4) is 0 Å². The third kappa shape index (κ3) is 6.48. The van der Waals surface area contributed by atoms with Crippen molar-refractivity contribution in [2.24, 2.45) is 5.92 Å². The molecule has 28 heavy (non-hydrogen) atoms. The summed E-state index contributed by atoms with van der Waals surface area (Å²) >= 11 is 0. The second-order valence-corrected chi connectivity index (χ2v) is 6.79. The Morgan fingerprint density at radius 2 is 1.61 bits per heavy atom. The van der Waals surface area contributed by atoms with Gasteiger partial charge < -0.3 is 14.6 Å². The van der Waals surface area contributed by atoms with Gasteiger partial charge in [0.25, 0.3) is 0 Å². The number of benzene rings is 2. The van der Waals surface area contributed by atoms with E-state index in [-0.39, 0.29) is 37.2 Å². The number of alkyl halides is 3. The lowest BCUT2D eigenvalue weighted by Gasteiger charge is -2.17. The summed E-state index contributed by atoms with van der Waals surface area (Å²) in [6.45, 7) is 4.01. The van der Waals surface area contributed by atoms with Crippen molar-refractivity contribution in [3.8, 4) is 11.5 Å². The molecule has 0 aliphatic heterocycles. The molecule has 2 unspecified atom stereocenters. The van der Waals surface area contributed by atoms with Gasteiger partial charge >= 0.3 is 12.1 Å². The normalized spacial score (nSPS) is 13.6. The Balaban J connectivity index is 1.85. The van der Waals surface area contributed by atoms with Crippen LogP contribution in [0.4, 0.5) is 13.2 Å². The number of para-hydroxylation sites is 1. The quantitative estimate of drug-likeness (QED) is 0.619. The van der Waals surface area contributed by atoms with E-state index in [1.54, 1.807) is 12.1 Å². The monoisotopic (exact) mass is 396 g/mol. The predicted octanol–water partition coefficient (Wildman–Crippen LogP) is 5.38. The van der Waals surface area contributed by atoms with E-state index in [0.717, 1.165) is 11.6 Å². The Bertz CT molecular complexity index is 772. The highest BCUT2D eigenvalue weighted by atomic mass is 19.4. The Morgan fingerprint density at radius 3 is 2.21 bits per heavy atom. The molecule has 0 saturated carbocycles. The van der Waals surface area contributed by atoms with E-state index in [1.807, 2.05) is 26.0 Å². The first-order valence-electron chi connectivity index (χ1n) is 8.90. The van der Waals surface area contributed by atoms with Gasteiger partial charge in [0.15, 0.2) is 0 Å². The lowest BCUT2D eigenvalue weighted by Crippen LogP contribution is -2.18. The maximum Gasteiger partial charge on any atom is 0.419 e. The third-order valence-corrected chi connectivity index (χ3v) is 4.18. The van der Waals surface area contributed by atoms with E-state index in [1.165, 1.54) is 18.2 Å². The van der Waals surface area contributed by atoms with Crippen LogP contribution >= 0.6 is 0 Å². The summed E-state index contributed by atoms with van der Waals surface area (Å²) in [5.74, 6) is -0.680. The van der Waals surface area contributed by atoms with E-state index in [0.29, 0.717) is 5.75 Å². The van der Waals surface area contributed by atoms with Crippen LogP contribution in [0.15, 0.2) is 48.5 Å². The standard InChI is InChI=1S/C21H23F3O4/c1-14(13-28-19-6-4-3-5-18(19)21(22,23)24)12-27-17-9-7-16(8-10-17)15(2)11-20(25)26/h3-10,14-15H,11-13H2,1-2H3,(H,25,26). The Labute approximate surface area is 161 Å². The molecule has 2 rings (SSSR count). The molecule has 0 spiro atoms. The number of halogens is 3. The zero-order valence-electron chi connectivity index (χ0n) is 15.7. The fraction of sp³-hybridized carbons (Fsp3) is 0.381. The van der Waals surface area contributed by atoms with Crippen LogP contribution in [-0.4, -0.2) is 24.3 Å². The molecule has 152 valence electrons. The molecule has 0 heterocycles. The van der Waals surface area contributed by atoms with Crippen LogP contribution in [0.1, 0.15) is 37.3 Å². The van der Waals surface area contributed by atoms with E-state index >= 15 is 0 Å². The summed E-state index contributed by atoms with van der Waals surface area (Å²) in [5, 5.41) is 8.84. The minimum absolute atomic E-state index is 0.0496.